The highest BCUT2D eigenvalue weighted by atomic mass is 16.5. The Morgan fingerprint density at radius 1 is 0.469 bits per heavy atom. The first-order valence-corrected chi connectivity index (χ1v) is 16.8. The van der Waals surface area contributed by atoms with Crippen LogP contribution in [0.15, 0.2) is 170 Å². The summed E-state index contributed by atoms with van der Waals surface area (Å²) >= 11 is 0. The summed E-state index contributed by atoms with van der Waals surface area (Å²) < 4.78 is 6.44. The molecule has 8 aromatic rings. The van der Waals surface area contributed by atoms with Gasteiger partial charge in [-0.25, -0.2) is 4.98 Å². The molecule has 2 heterocycles. The van der Waals surface area contributed by atoms with Crippen LogP contribution in [-0.4, -0.2) is 16.1 Å². The number of rotatable bonds is 4. The van der Waals surface area contributed by atoms with Crippen LogP contribution in [-0.2, 0) is 0 Å². The molecule has 0 spiro atoms. The van der Waals surface area contributed by atoms with E-state index in [2.05, 4.69) is 164 Å². The van der Waals surface area contributed by atoms with Gasteiger partial charge in [0.1, 0.15) is 11.9 Å². The lowest BCUT2D eigenvalue weighted by Gasteiger charge is -2.14. The number of para-hydroxylation sites is 1. The Kier molecular flexibility index (Phi) is 6.31. The molecule has 0 saturated carbocycles. The van der Waals surface area contributed by atoms with Crippen molar-refractivity contribution in [3.63, 3.8) is 0 Å². The van der Waals surface area contributed by atoms with Crippen LogP contribution in [0.1, 0.15) is 11.5 Å². The quantitative estimate of drug-likeness (QED) is 0.182. The summed E-state index contributed by atoms with van der Waals surface area (Å²) in [5, 5.41) is 4.55. The Labute approximate surface area is 284 Å². The predicted molar refractivity (Wildman–Crippen MR) is 202 cm³/mol. The Morgan fingerprint density at radius 2 is 1.08 bits per heavy atom. The molecule has 1 aromatic heterocycles. The average molecular weight is 627 g/mol. The molecule has 3 heteroatoms. The maximum absolute atomic E-state index is 6.44. The van der Waals surface area contributed by atoms with Gasteiger partial charge in [0.05, 0.1) is 22.9 Å². The van der Waals surface area contributed by atoms with Gasteiger partial charge in [0.15, 0.2) is 0 Å². The number of ether oxygens (including phenoxy) is 1. The highest BCUT2D eigenvalue weighted by molar-refractivity contribution is 6.24. The summed E-state index contributed by atoms with van der Waals surface area (Å²) in [5.74, 6) is 1.25. The molecule has 0 amide bonds. The largest absolute Gasteiger partial charge is 0.484 e. The lowest BCUT2D eigenvalue weighted by molar-refractivity contribution is 0.270. The summed E-state index contributed by atoms with van der Waals surface area (Å²) in [6, 6.07) is 49.7. The summed E-state index contributed by atoms with van der Waals surface area (Å²) in [4.78, 5) is 10.4. The van der Waals surface area contributed by atoms with Crippen molar-refractivity contribution in [1.29, 1.82) is 0 Å². The van der Waals surface area contributed by atoms with E-state index in [4.69, 9.17) is 14.7 Å². The molecule has 2 unspecified atom stereocenters. The summed E-state index contributed by atoms with van der Waals surface area (Å²) in [5.41, 5.74) is 11.9. The van der Waals surface area contributed by atoms with E-state index in [9.17, 15) is 0 Å². The second-order valence-corrected chi connectivity index (χ2v) is 12.9. The smallest absolute Gasteiger partial charge is 0.132 e. The SMILES string of the molecule is C1=CC2Oc3c(-c4ccc(-c5cnc6c7ccc(-c8ccccc8)cc7c7cc(-c8ccccc8)ccc7c6n5)cc4)cccc3C2C=C1. The number of nitrogens with zero attached hydrogens (tertiary/aromatic N) is 2. The van der Waals surface area contributed by atoms with Crippen LogP contribution in [0.4, 0.5) is 0 Å². The van der Waals surface area contributed by atoms with E-state index in [0.717, 1.165) is 49.9 Å². The van der Waals surface area contributed by atoms with Gasteiger partial charge in [-0.05, 0) is 56.8 Å². The fourth-order valence-corrected chi connectivity index (χ4v) is 7.59. The fraction of sp³-hybridized carbons (Fsp3) is 0.0435. The van der Waals surface area contributed by atoms with E-state index in [1.165, 1.54) is 38.6 Å². The van der Waals surface area contributed by atoms with Crippen LogP contribution < -0.4 is 4.74 Å². The third-order valence-electron chi connectivity index (χ3n) is 10.1. The Bertz CT molecular complexity index is 2620. The van der Waals surface area contributed by atoms with Crippen LogP contribution >= 0.6 is 0 Å². The molecular formula is C46H30N2O. The molecule has 49 heavy (non-hydrogen) atoms. The van der Waals surface area contributed by atoms with E-state index >= 15 is 0 Å². The second-order valence-electron chi connectivity index (χ2n) is 12.9. The first-order chi connectivity index (χ1) is 24.3. The minimum Gasteiger partial charge on any atom is -0.484 e. The molecule has 2 aliphatic rings. The number of aromatic nitrogens is 2. The second kappa shape index (κ2) is 11.1. The molecule has 0 N–H and O–H groups in total. The highest BCUT2D eigenvalue weighted by Crippen LogP contribution is 2.46. The number of benzene rings is 7. The van der Waals surface area contributed by atoms with Gasteiger partial charge in [-0.2, -0.15) is 0 Å². The number of hydrogen-bond donors (Lipinski definition) is 0. The summed E-state index contributed by atoms with van der Waals surface area (Å²) in [6.07, 6.45) is 10.5. The standard InChI is InChI=1S/C46H30N2O/c1-3-10-29(11-4-1)33-22-24-37-40(26-33)41-27-34(30-12-5-2-6-13-30)23-25-38(41)45-44(37)47-28-42(48-45)32-20-18-31(19-21-32)35-15-9-16-39-36-14-7-8-17-43(36)49-46(35)39/h1-28,36,43H. The van der Waals surface area contributed by atoms with Crippen molar-refractivity contribution in [2.75, 3.05) is 0 Å². The summed E-state index contributed by atoms with van der Waals surface area (Å²) in [7, 11) is 0. The Balaban J connectivity index is 1.11. The number of hydrogen-bond acceptors (Lipinski definition) is 3. The maximum atomic E-state index is 6.44. The van der Waals surface area contributed by atoms with Gasteiger partial charge < -0.3 is 4.74 Å². The first-order valence-electron chi connectivity index (χ1n) is 16.8. The summed E-state index contributed by atoms with van der Waals surface area (Å²) in [6.45, 7) is 0. The van der Waals surface area contributed by atoms with Gasteiger partial charge in [0.2, 0.25) is 0 Å². The monoisotopic (exact) mass is 626 g/mol. The minimum absolute atomic E-state index is 0.0629. The number of allylic oxidation sites excluding steroid dienone is 2. The van der Waals surface area contributed by atoms with Crippen molar-refractivity contribution in [2.45, 2.75) is 12.0 Å². The van der Waals surface area contributed by atoms with Crippen molar-refractivity contribution >= 4 is 32.6 Å². The predicted octanol–water partition coefficient (Wildman–Crippen LogP) is 11.6. The van der Waals surface area contributed by atoms with Gasteiger partial charge in [-0.15, -0.1) is 0 Å². The first kappa shape index (κ1) is 27.8. The fourth-order valence-electron chi connectivity index (χ4n) is 7.59. The van der Waals surface area contributed by atoms with Crippen molar-refractivity contribution in [3.05, 3.63) is 176 Å². The van der Waals surface area contributed by atoms with Gasteiger partial charge in [0, 0.05) is 33.4 Å². The van der Waals surface area contributed by atoms with Crippen molar-refractivity contribution in [3.8, 4) is 50.4 Å². The molecule has 0 radical (unpaired) electrons. The van der Waals surface area contributed by atoms with Crippen LogP contribution in [0.25, 0.3) is 77.2 Å². The lowest BCUT2D eigenvalue weighted by atomic mass is 9.90. The van der Waals surface area contributed by atoms with E-state index in [0.29, 0.717) is 0 Å². The third-order valence-corrected chi connectivity index (χ3v) is 10.1. The molecule has 2 atom stereocenters. The van der Waals surface area contributed by atoms with Gasteiger partial charge in [-0.3, -0.25) is 4.98 Å². The normalized spacial score (nSPS) is 16.2. The topological polar surface area (TPSA) is 35.0 Å². The maximum Gasteiger partial charge on any atom is 0.132 e. The van der Waals surface area contributed by atoms with Gasteiger partial charge in [0.25, 0.3) is 0 Å². The molecule has 1 aliphatic heterocycles. The molecule has 10 rings (SSSR count). The Hall–Kier alpha value is -6.32. The molecule has 1 aliphatic carbocycles. The van der Waals surface area contributed by atoms with Crippen LogP contribution in [0.3, 0.4) is 0 Å². The zero-order valence-electron chi connectivity index (χ0n) is 26.6. The van der Waals surface area contributed by atoms with Crippen molar-refractivity contribution in [1.82, 2.24) is 9.97 Å². The van der Waals surface area contributed by atoms with E-state index in [1.807, 2.05) is 6.20 Å². The minimum atomic E-state index is 0.0629. The van der Waals surface area contributed by atoms with Crippen LogP contribution in [0.2, 0.25) is 0 Å². The molecule has 3 nitrogen and oxygen atoms in total. The van der Waals surface area contributed by atoms with Crippen LogP contribution in [0, 0.1) is 0 Å². The average Bonchev–Trinajstić information content (AvgIpc) is 3.57. The van der Waals surface area contributed by atoms with E-state index in [1.54, 1.807) is 0 Å². The Morgan fingerprint density at radius 3 is 1.78 bits per heavy atom. The van der Waals surface area contributed by atoms with E-state index < -0.39 is 0 Å². The molecular weight excluding hydrogens is 597 g/mol. The molecule has 0 bridgehead atoms. The third kappa shape index (κ3) is 4.58. The molecule has 230 valence electrons. The van der Waals surface area contributed by atoms with Crippen molar-refractivity contribution in [2.24, 2.45) is 0 Å². The number of fused-ring (bicyclic) bond motifs is 9. The zero-order valence-corrected chi connectivity index (χ0v) is 26.6. The van der Waals surface area contributed by atoms with Crippen molar-refractivity contribution < 1.29 is 4.74 Å². The lowest BCUT2D eigenvalue weighted by Crippen LogP contribution is -2.15. The van der Waals surface area contributed by atoms with Gasteiger partial charge >= 0.3 is 0 Å². The molecule has 7 aromatic carbocycles. The molecule has 0 fully saturated rings. The zero-order chi connectivity index (χ0) is 32.3. The van der Waals surface area contributed by atoms with Gasteiger partial charge in [-0.1, -0.05) is 146 Å². The molecule has 0 saturated heterocycles. The van der Waals surface area contributed by atoms with Crippen LogP contribution in [0.5, 0.6) is 5.75 Å². The van der Waals surface area contributed by atoms with E-state index in [-0.39, 0.29) is 12.0 Å². The highest BCUT2D eigenvalue weighted by Gasteiger charge is 2.33.